The highest BCUT2D eigenvalue weighted by molar-refractivity contribution is 5.41. The van der Waals surface area contributed by atoms with Gasteiger partial charge in [-0.3, -0.25) is 0 Å². The maximum atomic E-state index is 5.96. The van der Waals surface area contributed by atoms with Crippen LogP contribution in [0.15, 0.2) is 36.4 Å². The molecule has 104 valence electrons. The lowest BCUT2D eigenvalue weighted by Crippen LogP contribution is -2.04. The number of ether oxygens (including phenoxy) is 2. The van der Waals surface area contributed by atoms with Gasteiger partial charge in [-0.2, -0.15) is 0 Å². The number of rotatable bonds is 4. The SMILES string of the molecule is Cc1cccc(C)c1OCCc1ccc2c(c1)CCO2. The van der Waals surface area contributed by atoms with Crippen molar-refractivity contribution in [3.8, 4) is 11.5 Å². The molecule has 0 spiro atoms. The van der Waals surface area contributed by atoms with E-state index in [2.05, 4.69) is 50.2 Å². The zero-order chi connectivity index (χ0) is 13.9. The molecule has 2 heteroatoms. The Hall–Kier alpha value is -1.96. The van der Waals surface area contributed by atoms with Crippen LogP contribution in [0.4, 0.5) is 0 Å². The minimum Gasteiger partial charge on any atom is -0.493 e. The van der Waals surface area contributed by atoms with Crippen LogP contribution in [0.1, 0.15) is 22.3 Å². The summed E-state index contributed by atoms with van der Waals surface area (Å²) in [7, 11) is 0. The van der Waals surface area contributed by atoms with E-state index in [4.69, 9.17) is 9.47 Å². The molecule has 1 heterocycles. The topological polar surface area (TPSA) is 18.5 Å². The Balaban J connectivity index is 1.63. The second-order valence-corrected chi connectivity index (χ2v) is 5.36. The standard InChI is InChI=1S/C18H20O2/c1-13-4-3-5-14(2)18(13)20-10-8-15-6-7-17-16(12-15)9-11-19-17/h3-7,12H,8-11H2,1-2H3. The third-order valence-corrected chi connectivity index (χ3v) is 3.80. The van der Waals surface area contributed by atoms with Crippen LogP contribution in [-0.2, 0) is 12.8 Å². The summed E-state index contributed by atoms with van der Waals surface area (Å²) < 4.78 is 11.5. The van der Waals surface area contributed by atoms with E-state index in [0.29, 0.717) is 6.61 Å². The van der Waals surface area contributed by atoms with Crippen LogP contribution >= 0.6 is 0 Å². The highest BCUT2D eigenvalue weighted by Crippen LogP contribution is 2.26. The Morgan fingerprint density at radius 2 is 1.90 bits per heavy atom. The van der Waals surface area contributed by atoms with Crippen molar-refractivity contribution in [2.45, 2.75) is 26.7 Å². The van der Waals surface area contributed by atoms with Crippen LogP contribution in [0.25, 0.3) is 0 Å². The van der Waals surface area contributed by atoms with Crippen LogP contribution in [0.5, 0.6) is 11.5 Å². The number of hydrogen-bond acceptors (Lipinski definition) is 2. The fraction of sp³-hybridized carbons (Fsp3) is 0.333. The molecule has 0 aromatic heterocycles. The molecule has 3 rings (SSSR count). The summed E-state index contributed by atoms with van der Waals surface area (Å²) in [6.07, 6.45) is 1.96. The van der Waals surface area contributed by atoms with Gasteiger partial charge in [-0.15, -0.1) is 0 Å². The van der Waals surface area contributed by atoms with Crippen molar-refractivity contribution in [2.24, 2.45) is 0 Å². The molecule has 0 atom stereocenters. The van der Waals surface area contributed by atoms with Crippen LogP contribution in [0.2, 0.25) is 0 Å². The van der Waals surface area contributed by atoms with Gasteiger partial charge in [0.25, 0.3) is 0 Å². The summed E-state index contributed by atoms with van der Waals surface area (Å²) in [5, 5.41) is 0. The first kappa shape index (κ1) is 13.0. The molecule has 0 radical (unpaired) electrons. The van der Waals surface area contributed by atoms with Gasteiger partial charge in [0.15, 0.2) is 0 Å². The van der Waals surface area contributed by atoms with E-state index in [1.54, 1.807) is 0 Å². The smallest absolute Gasteiger partial charge is 0.125 e. The van der Waals surface area contributed by atoms with Crippen LogP contribution < -0.4 is 9.47 Å². The maximum absolute atomic E-state index is 5.96. The fourth-order valence-corrected chi connectivity index (χ4v) is 2.69. The molecular weight excluding hydrogens is 248 g/mol. The third kappa shape index (κ3) is 2.64. The Morgan fingerprint density at radius 1 is 1.10 bits per heavy atom. The molecule has 2 nitrogen and oxygen atoms in total. The lowest BCUT2D eigenvalue weighted by Gasteiger charge is -2.12. The maximum Gasteiger partial charge on any atom is 0.125 e. The predicted octanol–water partition coefficient (Wildman–Crippen LogP) is 3.86. The second kappa shape index (κ2) is 5.58. The summed E-state index contributed by atoms with van der Waals surface area (Å²) in [5.74, 6) is 2.07. The lowest BCUT2D eigenvalue weighted by atomic mass is 10.1. The molecule has 2 aromatic carbocycles. The van der Waals surface area contributed by atoms with Crippen molar-refractivity contribution in [3.05, 3.63) is 58.7 Å². The second-order valence-electron chi connectivity index (χ2n) is 5.36. The quantitative estimate of drug-likeness (QED) is 0.838. The molecule has 0 bridgehead atoms. The van der Waals surface area contributed by atoms with E-state index in [-0.39, 0.29) is 0 Å². The molecule has 1 aliphatic rings. The molecule has 0 saturated heterocycles. The summed E-state index contributed by atoms with van der Waals surface area (Å²) in [6.45, 7) is 5.72. The van der Waals surface area contributed by atoms with Gasteiger partial charge in [-0.05, 0) is 42.2 Å². The van der Waals surface area contributed by atoms with Gasteiger partial charge in [0.05, 0.1) is 13.2 Å². The zero-order valence-corrected chi connectivity index (χ0v) is 12.1. The molecule has 2 aromatic rings. The van der Waals surface area contributed by atoms with E-state index in [9.17, 15) is 0 Å². The molecule has 0 N–H and O–H groups in total. The van der Waals surface area contributed by atoms with Crippen LogP contribution in [0, 0.1) is 13.8 Å². The number of para-hydroxylation sites is 1. The zero-order valence-electron chi connectivity index (χ0n) is 12.1. The van der Waals surface area contributed by atoms with Gasteiger partial charge in [0.1, 0.15) is 11.5 Å². The summed E-state index contributed by atoms with van der Waals surface area (Å²) in [6, 6.07) is 12.7. The first-order valence-electron chi connectivity index (χ1n) is 7.17. The first-order chi connectivity index (χ1) is 9.74. The molecule has 0 amide bonds. The third-order valence-electron chi connectivity index (χ3n) is 3.80. The van der Waals surface area contributed by atoms with Crippen molar-refractivity contribution in [1.29, 1.82) is 0 Å². The highest BCUT2D eigenvalue weighted by Gasteiger charge is 2.12. The fourth-order valence-electron chi connectivity index (χ4n) is 2.69. The van der Waals surface area contributed by atoms with Crippen molar-refractivity contribution < 1.29 is 9.47 Å². The van der Waals surface area contributed by atoms with Crippen LogP contribution in [-0.4, -0.2) is 13.2 Å². The lowest BCUT2D eigenvalue weighted by molar-refractivity contribution is 0.317. The predicted molar refractivity (Wildman–Crippen MR) is 80.8 cm³/mol. The molecule has 0 saturated carbocycles. The largest absolute Gasteiger partial charge is 0.493 e. The molecule has 1 aliphatic heterocycles. The number of fused-ring (bicyclic) bond motifs is 1. The van der Waals surface area contributed by atoms with Gasteiger partial charge in [0.2, 0.25) is 0 Å². The van der Waals surface area contributed by atoms with E-state index >= 15 is 0 Å². The number of aryl methyl sites for hydroxylation is 2. The van der Waals surface area contributed by atoms with Crippen molar-refractivity contribution in [3.63, 3.8) is 0 Å². The minimum absolute atomic E-state index is 0.714. The Bertz CT molecular complexity index is 597. The molecule has 0 fully saturated rings. The first-order valence-corrected chi connectivity index (χ1v) is 7.17. The molecule has 0 aliphatic carbocycles. The Kier molecular flexibility index (Phi) is 3.64. The van der Waals surface area contributed by atoms with Crippen molar-refractivity contribution in [2.75, 3.05) is 13.2 Å². The van der Waals surface area contributed by atoms with Gasteiger partial charge in [-0.25, -0.2) is 0 Å². The highest BCUT2D eigenvalue weighted by atomic mass is 16.5. The van der Waals surface area contributed by atoms with E-state index in [1.165, 1.54) is 22.3 Å². The average molecular weight is 268 g/mol. The normalized spacial score (nSPS) is 12.9. The van der Waals surface area contributed by atoms with Gasteiger partial charge >= 0.3 is 0 Å². The van der Waals surface area contributed by atoms with Gasteiger partial charge in [0, 0.05) is 12.8 Å². The molecule has 20 heavy (non-hydrogen) atoms. The van der Waals surface area contributed by atoms with Crippen molar-refractivity contribution in [1.82, 2.24) is 0 Å². The molecular formula is C18H20O2. The van der Waals surface area contributed by atoms with Gasteiger partial charge in [-0.1, -0.05) is 30.3 Å². The Morgan fingerprint density at radius 3 is 2.70 bits per heavy atom. The average Bonchev–Trinajstić information content (AvgIpc) is 2.89. The summed E-state index contributed by atoms with van der Waals surface area (Å²) in [4.78, 5) is 0. The van der Waals surface area contributed by atoms with Crippen molar-refractivity contribution >= 4 is 0 Å². The van der Waals surface area contributed by atoms with E-state index in [0.717, 1.165) is 30.9 Å². The number of hydrogen-bond donors (Lipinski definition) is 0. The van der Waals surface area contributed by atoms with Gasteiger partial charge < -0.3 is 9.47 Å². The number of benzene rings is 2. The Labute approximate surface area is 120 Å². The summed E-state index contributed by atoms with van der Waals surface area (Å²) in [5.41, 5.74) is 5.05. The minimum atomic E-state index is 0.714. The monoisotopic (exact) mass is 268 g/mol. The summed E-state index contributed by atoms with van der Waals surface area (Å²) >= 11 is 0. The van der Waals surface area contributed by atoms with E-state index < -0.39 is 0 Å². The van der Waals surface area contributed by atoms with Crippen LogP contribution in [0.3, 0.4) is 0 Å². The molecule has 0 unspecified atom stereocenters. The van der Waals surface area contributed by atoms with E-state index in [1.807, 2.05) is 0 Å².